The van der Waals surface area contributed by atoms with E-state index in [1.807, 2.05) is 54.6 Å². The van der Waals surface area contributed by atoms with Gasteiger partial charge >= 0.3 is 5.97 Å². The van der Waals surface area contributed by atoms with E-state index in [4.69, 9.17) is 9.47 Å². The lowest BCUT2D eigenvalue weighted by Crippen LogP contribution is -2.58. The van der Waals surface area contributed by atoms with Crippen LogP contribution in [0.15, 0.2) is 79.9 Å². The van der Waals surface area contributed by atoms with Crippen molar-refractivity contribution < 1.29 is 33.8 Å². The fourth-order valence-corrected chi connectivity index (χ4v) is 8.79. The Hall–Kier alpha value is -4.40. The van der Waals surface area contributed by atoms with Crippen molar-refractivity contribution in [1.29, 1.82) is 0 Å². The number of ether oxygens (including phenoxy) is 2. The van der Waals surface area contributed by atoms with Crippen LogP contribution in [0, 0.1) is 11.8 Å². The van der Waals surface area contributed by atoms with Gasteiger partial charge in [-0.25, -0.2) is 4.68 Å². The van der Waals surface area contributed by atoms with Crippen LogP contribution in [0.5, 0.6) is 0 Å². The molecule has 270 valence electrons. The molecule has 14 heteroatoms. The molecule has 2 aromatic carbocycles. The van der Waals surface area contributed by atoms with Gasteiger partial charge in [0.15, 0.2) is 0 Å². The van der Waals surface area contributed by atoms with Gasteiger partial charge in [-0.15, -0.1) is 18.3 Å². The SMILES string of the molecule is C=CCCC(=O)N[C@H](C)[C@@H](OC(=O)[C@@H]1[C@H]2O[C@@]3(CC2Br)[C@H](C(=O)N(CC=C)Cn2nnc4ccccc42)N([C@H](C)CO)C(=O)[C@@H]13)c1ccccc1. The lowest BCUT2D eigenvalue weighted by Gasteiger charge is -2.38. The summed E-state index contributed by atoms with van der Waals surface area (Å²) in [6.07, 6.45) is 2.60. The van der Waals surface area contributed by atoms with Gasteiger partial charge in [-0.05, 0) is 44.4 Å². The van der Waals surface area contributed by atoms with E-state index in [2.05, 4.69) is 44.7 Å². The Balaban J connectivity index is 1.33. The van der Waals surface area contributed by atoms with E-state index >= 15 is 0 Å². The predicted molar refractivity (Wildman–Crippen MR) is 191 cm³/mol. The maximum atomic E-state index is 14.8. The Morgan fingerprint density at radius 2 is 1.88 bits per heavy atom. The molecule has 3 aliphatic heterocycles. The highest BCUT2D eigenvalue weighted by Gasteiger charge is 2.77. The standard InChI is InChI=1S/C37H43BrN6O7/c1-5-7-17-28(46)39-23(4)31(24-13-9-8-10-14-24)50-36(49)29-30-34(47)44(22(3)20-45)33(37(30)19-25(38)32(29)51-37)35(48)42(18-6-2)21-43-27-16-12-11-15-26(27)40-41-43/h5-6,8-16,22-23,25,29-33,45H,1-2,7,17-21H2,3-4H3,(H,39,46)/t22-,23-,25?,29+,30-,31-,32+,33+,37-/m1/s1. The van der Waals surface area contributed by atoms with Crippen molar-refractivity contribution in [3.05, 3.63) is 85.5 Å². The lowest BCUT2D eigenvalue weighted by atomic mass is 9.70. The Kier molecular flexibility index (Phi) is 10.7. The number of likely N-dealkylation sites (tertiary alicyclic amines) is 1. The molecule has 0 aliphatic carbocycles. The number of halogens is 1. The number of alkyl halides is 1. The van der Waals surface area contributed by atoms with E-state index in [0.717, 1.165) is 5.52 Å². The quantitative estimate of drug-likeness (QED) is 0.135. The Morgan fingerprint density at radius 3 is 2.59 bits per heavy atom. The number of hydrogen-bond donors (Lipinski definition) is 2. The van der Waals surface area contributed by atoms with Crippen molar-refractivity contribution in [3.63, 3.8) is 0 Å². The van der Waals surface area contributed by atoms with Crippen LogP contribution in [-0.2, 0) is 35.3 Å². The number of rotatable bonds is 15. The van der Waals surface area contributed by atoms with Crippen LogP contribution in [0.25, 0.3) is 11.0 Å². The van der Waals surface area contributed by atoms with Gasteiger partial charge in [0, 0.05) is 17.8 Å². The smallest absolute Gasteiger partial charge is 0.313 e. The van der Waals surface area contributed by atoms with Crippen molar-refractivity contribution in [1.82, 2.24) is 30.1 Å². The Labute approximate surface area is 304 Å². The zero-order valence-corrected chi connectivity index (χ0v) is 30.2. The molecule has 1 unspecified atom stereocenters. The van der Waals surface area contributed by atoms with Crippen LogP contribution < -0.4 is 5.32 Å². The summed E-state index contributed by atoms with van der Waals surface area (Å²) in [5.74, 6) is -3.91. The van der Waals surface area contributed by atoms with Gasteiger partial charge in [0.25, 0.3) is 0 Å². The number of benzene rings is 2. The molecule has 9 atom stereocenters. The average molecular weight is 764 g/mol. The van der Waals surface area contributed by atoms with Crippen molar-refractivity contribution in [3.8, 4) is 0 Å². The van der Waals surface area contributed by atoms with Crippen LogP contribution in [0.3, 0.4) is 0 Å². The highest BCUT2D eigenvalue weighted by atomic mass is 79.9. The van der Waals surface area contributed by atoms with Gasteiger partial charge in [0.05, 0.1) is 42.1 Å². The minimum atomic E-state index is -1.39. The minimum Gasteiger partial charge on any atom is -0.455 e. The van der Waals surface area contributed by atoms with Crippen molar-refractivity contribution >= 4 is 50.7 Å². The first-order valence-electron chi connectivity index (χ1n) is 17.1. The Morgan fingerprint density at radius 1 is 1.16 bits per heavy atom. The minimum absolute atomic E-state index is 0.0138. The maximum absolute atomic E-state index is 14.8. The average Bonchev–Trinajstić information content (AvgIpc) is 3.86. The molecule has 1 spiro atoms. The zero-order chi connectivity index (χ0) is 36.4. The summed E-state index contributed by atoms with van der Waals surface area (Å²) in [4.78, 5) is 58.9. The van der Waals surface area contributed by atoms with Gasteiger partial charge in [-0.3, -0.25) is 19.2 Å². The van der Waals surface area contributed by atoms with E-state index in [-0.39, 0.29) is 36.8 Å². The van der Waals surface area contributed by atoms with E-state index in [1.54, 1.807) is 30.7 Å². The number of esters is 1. The second-order valence-electron chi connectivity index (χ2n) is 13.5. The summed E-state index contributed by atoms with van der Waals surface area (Å²) in [6, 6.07) is 13.9. The molecule has 0 radical (unpaired) electrons. The van der Waals surface area contributed by atoms with Gasteiger partial charge in [0.2, 0.25) is 17.7 Å². The fourth-order valence-electron chi connectivity index (χ4n) is 7.85. The first-order valence-corrected chi connectivity index (χ1v) is 18.1. The summed E-state index contributed by atoms with van der Waals surface area (Å²) in [5, 5.41) is 21.7. The van der Waals surface area contributed by atoms with Crippen molar-refractivity contribution in [2.45, 2.75) is 80.5 Å². The molecule has 3 amide bonds. The molecule has 2 bridgehead atoms. The summed E-state index contributed by atoms with van der Waals surface area (Å²) in [7, 11) is 0. The van der Waals surface area contributed by atoms with Crippen molar-refractivity contribution in [2.75, 3.05) is 13.2 Å². The molecule has 0 saturated carbocycles. The van der Waals surface area contributed by atoms with Gasteiger partial charge < -0.3 is 29.7 Å². The lowest BCUT2D eigenvalue weighted by molar-refractivity contribution is -0.162. The topological polar surface area (TPSA) is 156 Å². The second-order valence-corrected chi connectivity index (χ2v) is 14.6. The number of carbonyl (C=O) groups is 4. The number of hydrogen-bond acceptors (Lipinski definition) is 9. The molecule has 3 saturated heterocycles. The highest BCUT2D eigenvalue weighted by Crippen LogP contribution is 2.61. The number of allylic oxidation sites excluding steroid dienone is 1. The third-order valence-electron chi connectivity index (χ3n) is 10.1. The highest BCUT2D eigenvalue weighted by molar-refractivity contribution is 9.09. The van der Waals surface area contributed by atoms with Crippen LogP contribution in [-0.4, -0.2) is 101 Å². The largest absolute Gasteiger partial charge is 0.455 e. The summed E-state index contributed by atoms with van der Waals surface area (Å²) in [6.45, 7) is 10.7. The van der Waals surface area contributed by atoms with E-state index in [0.29, 0.717) is 17.5 Å². The molecular weight excluding hydrogens is 720 g/mol. The van der Waals surface area contributed by atoms with Crippen LogP contribution in [0.4, 0.5) is 0 Å². The zero-order valence-electron chi connectivity index (χ0n) is 28.6. The second kappa shape index (κ2) is 15.1. The van der Waals surface area contributed by atoms with Crippen molar-refractivity contribution in [2.24, 2.45) is 11.8 Å². The number of nitrogens with zero attached hydrogens (tertiary/aromatic N) is 5. The first kappa shape index (κ1) is 36.4. The summed E-state index contributed by atoms with van der Waals surface area (Å²) in [5.41, 5.74) is 0.656. The van der Waals surface area contributed by atoms with E-state index < -0.39 is 72.2 Å². The first-order chi connectivity index (χ1) is 24.6. The molecule has 3 fully saturated rings. The normalized spacial score (nSPS) is 26.7. The predicted octanol–water partition coefficient (Wildman–Crippen LogP) is 3.29. The number of aromatic nitrogens is 3. The molecule has 13 nitrogen and oxygen atoms in total. The molecule has 51 heavy (non-hydrogen) atoms. The van der Waals surface area contributed by atoms with Crippen LogP contribution >= 0.6 is 15.9 Å². The van der Waals surface area contributed by atoms with Gasteiger partial charge in [0.1, 0.15) is 29.9 Å². The number of aliphatic hydroxyl groups is 1. The molecule has 3 aliphatic rings. The Bertz CT molecular complexity index is 1800. The third-order valence-corrected chi connectivity index (χ3v) is 11.0. The number of nitrogens with one attached hydrogen (secondary N) is 1. The third kappa shape index (κ3) is 6.60. The number of carbonyl (C=O) groups excluding carboxylic acids is 4. The summed E-state index contributed by atoms with van der Waals surface area (Å²) < 4.78 is 14.5. The monoisotopic (exact) mass is 762 g/mol. The van der Waals surface area contributed by atoms with Crippen LogP contribution in [0.2, 0.25) is 0 Å². The van der Waals surface area contributed by atoms with Gasteiger partial charge in [-0.2, -0.15) is 0 Å². The number of fused-ring (bicyclic) bond motifs is 2. The molecule has 2 N–H and O–H groups in total. The fraction of sp³-hybridized carbons (Fsp3) is 0.459. The van der Waals surface area contributed by atoms with E-state index in [9.17, 15) is 24.3 Å². The molecule has 3 aromatic rings. The van der Waals surface area contributed by atoms with Crippen LogP contribution in [0.1, 0.15) is 44.8 Å². The van der Waals surface area contributed by atoms with Gasteiger partial charge in [-0.1, -0.05) is 75.8 Å². The molecule has 1 aromatic heterocycles. The molecule has 6 rings (SSSR count). The maximum Gasteiger partial charge on any atom is 0.313 e. The molecule has 4 heterocycles. The molecular formula is C37H43BrN6O7. The summed E-state index contributed by atoms with van der Waals surface area (Å²) >= 11 is 3.71. The van der Waals surface area contributed by atoms with E-state index in [1.165, 1.54) is 9.80 Å². The number of aliphatic hydroxyl groups excluding tert-OH is 1. The number of para-hydroxylation sites is 1. The number of amides is 3.